The maximum atomic E-state index is 12.6. The van der Waals surface area contributed by atoms with Gasteiger partial charge in [-0.25, -0.2) is 0 Å². The summed E-state index contributed by atoms with van der Waals surface area (Å²) in [6.07, 6.45) is 2.78. The zero-order chi connectivity index (χ0) is 16.6. The van der Waals surface area contributed by atoms with Crippen LogP contribution in [-0.2, 0) is 12.8 Å². The molecular weight excluding hydrogens is 296 g/mol. The highest BCUT2D eigenvalue weighted by atomic mass is 16.5. The molecular formula is C16H20N4O3. The fourth-order valence-electron chi connectivity index (χ4n) is 2.94. The molecule has 0 aliphatic heterocycles. The predicted molar refractivity (Wildman–Crippen MR) is 82.4 cm³/mol. The van der Waals surface area contributed by atoms with Gasteiger partial charge in [-0.3, -0.25) is 9.59 Å². The molecule has 1 aliphatic carbocycles. The Hall–Kier alpha value is -2.44. The van der Waals surface area contributed by atoms with Crippen LogP contribution in [0.15, 0.2) is 4.52 Å². The normalized spacial score (nSPS) is 15.3. The lowest BCUT2D eigenvalue weighted by molar-refractivity contribution is 0.0912. The molecule has 7 nitrogen and oxygen atoms in total. The number of fused-ring (bicyclic) bond motifs is 1. The Balaban J connectivity index is 1.83. The number of aryl methyl sites for hydroxylation is 3. The molecule has 1 amide bonds. The van der Waals surface area contributed by atoms with E-state index >= 15 is 0 Å². The molecule has 3 rings (SSSR count). The molecule has 2 heterocycles. The van der Waals surface area contributed by atoms with Crippen molar-refractivity contribution >= 4 is 11.7 Å². The van der Waals surface area contributed by atoms with Crippen molar-refractivity contribution < 1.29 is 14.1 Å². The Bertz CT molecular complexity index is 759. The Labute approximate surface area is 133 Å². The summed E-state index contributed by atoms with van der Waals surface area (Å²) in [7, 11) is 0. The van der Waals surface area contributed by atoms with Gasteiger partial charge in [-0.05, 0) is 26.7 Å². The van der Waals surface area contributed by atoms with Crippen molar-refractivity contribution in [1.82, 2.24) is 20.4 Å². The Morgan fingerprint density at radius 2 is 2.22 bits per heavy atom. The highest BCUT2D eigenvalue weighted by molar-refractivity contribution is 6.10. The van der Waals surface area contributed by atoms with Gasteiger partial charge in [0.25, 0.3) is 5.91 Å². The third kappa shape index (κ3) is 2.78. The summed E-state index contributed by atoms with van der Waals surface area (Å²) in [4.78, 5) is 32.2. The van der Waals surface area contributed by atoms with Crippen LogP contribution in [0.25, 0.3) is 0 Å². The van der Waals surface area contributed by atoms with Crippen LogP contribution in [0, 0.1) is 6.92 Å². The molecule has 0 fully saturated rings. The number of nitrogens with zero attached hydrogens (tertiary/aromatic N) is 2. The third-order valence-corrected chi connectivity index (χ3v) is 4.12. The van der Waals surface area contributed by atoms with Gasteiger partial charge < -0.3 is 14.8 Å². The fraction of sp³-hybridized carbons (Fsp3) is 0.500. The van der Waals surface area contributed by atoms with E-state index in [1.54, 1.807) is 6.92 Å². The van der Waals surface area contributed by atoms with E-state index in [2.05, 4.69) is 20.4 Å². The first-order valence-corrected chi connectivity index (χ1v) is 7.89. The molecule has 122 valence electrons. The van der Waals surface area contributed by atoms with Crippen LogP contribution in [-0.4, -0.2) is 26.8 Å². The van der Waals surface area contributed by atoms with Crippen LogP contribution in [0.3, 0.4) is 0 Å². The van der Waals surface area contributed by atoms with Crippen molar-refractivity contribution in [3.8, 4) is 0 Å². The second-order valence-corrected chi connectivity index (χ2v) is 5.85. The van der Waals surface area contributed by atoms with Crippen molar-refractivity contribution in [2.45, 2.75) is 52.5 Å². The SMILES string of the molecule is CCc1noc([C@H](C)NC(=O)c2c(C)[nH]c3c2C(=O)CCC3)n1. The Kier molecular flexibility index (Phi) is 4.02. The number of rotatable bonds is 4. The second kappa shape index (κ2) is 5.98. The predicted octanol–water partition coefficient (Wildman–Crippen LogP) is 2.28. The fourth-order valence-corrected chi connectivity index (χ4v) is 2.94. The van der Waals surface area contributed by atoms with Crippen molar-refractivity contribution in [1.29, 1.82) is 0 Å². The largest absolute Gasteiger partial charge is 0.361 e. The standard InChI is InChI=1S/C16H20N4O3/c1-4-12-19-16(23-20-12)9(3)18-15(22)13-8(2)17-10-6-5-7-11(21)14(10)13/h9,17H,4-7H2,1-3H3,(H,18,22)/t9-/m0/s1. The Morgan fingerprint density at radius 1 is 1.43 bits per heavy atom. The van der Waals surface area contributed by atoms with Crippen LogP contribution in [0.5, 0.6) is 0 Å². The lowest BCUT2D eigenvalue weighted by Gasteiger charge is -2.13. The van der Waals surface area contributed by atoms with Crippen molar-refractivity contribution in [3.05, 3.63) is 34.2 Å². The summed E-state index contributed by atoms with van der Waals surface area (Å²) in [6, 6.07) is -0.418. The van der Waals surface area contributed by atoms with Crippen molar-refractivity contribution in [2.24, 2.45) is 0 Å². The lowest BCUT2D eigenvalue weighted by Crippen LogP contribution is -2.29. The van der Waals surface area contributed by atoms with E-state index in [1.165, 1.54) is 0 Å². The van der Waals surface area contributed by atoms with Gasteiger partial charge in [-0.1, -0.05) is 12.1 Å². The van der Waals surface area contributed by atoms with Crippen molar-refractivity contribution in [2.75, 3.05) is 0 Å². The average Bonchev–Trinajstić information content (AvgIpc) is 3.11. The van der Waals surface area contributed by atoms with Crippen LogP contribution in [0.4, 0.5) is 0 Å². The number of H-pyrrole nitrogens is 1. The molecule has 0 spiro atoms. The van der Waals surface area contributed by atoms with Gasteiger partial charge in [0.05, 0.1) is 11.1 Å². The van der Waals surface area contributed by atoms with Crippen molar-refractivity contribution in [3.63, 3.8) is 0 Å². The molecule has 0 saturated carbocycles. The number of amides is 1. The zero-order valence-electron chi connectivity index (χ0n) is 13.5. The van der Waals surface area contributed by atoms with Crippen LogP contribution in [0.2, 0.25) is 0 Å². The highest BCUT2D eigenvalue weighted by Crippen LogP contribution is 2.27. The summed E-state index contributed by atoms with van der Waals surface area (Å²) >= 11 is 0. The summed E-state index contributed by atoms with van der Waals surface area (Å²) < 4.78 is 5.15. The number of ketones is 1. The molecule has 2 N–H and O–H groups in total. The summed E-state index contributed by atoms with van der Waals surface area (Å²) in [5, 5.41) is 6.67. The Morgan fingerprint density at radius 3 is 2.91 bits per heavy atom. The molecule has 1 aliphatic rings. The number of aromatic nitrogens is 3. The lowest BCUT2D eigenvalue weighted by atomic mass is 9.93. The van der Waals surface area contributed by atoms with E-state index in [1.807, 2.05) is 13.8 Å². The van der Waals surface area contributed by atoms with Gasteiger partial charge >= 0.3 is 0 Å². The monoisotopic (exact) mass is 316 g/mol. The van der Waals surface area contributed by atoms with Crippen LogP contribution >= 0.6 is 0 Å². The third-order valence-electron chi connectivity index (χ3n) is 4.12. The number of Topliss-reactive ketones (excluding diaryl/α,β-unsaturated/α-hetero) is 1. The topological polar surface area (TPSA) is 101 Å². The van der Waals surface area contributed by atoms with E-state index in [-0.39, 0.29) is 11.7 Å². The minimum absolute atomic E-state index is 0.0273. The second-order valence-electron chi connectivity index (χ2n) is 5.85. The molecule has 2 aromatic rings. The van der Waals surface area contributed by atoms with Gasteiger partial charge in [0, 0.05) is 24.2 Å². The molecule has 7 heteroatoms. The molecule has 23 heavy (non-hydrogen) atoms. The number of carbonyl (C=O) groups is 2. The first kappa shape index (κ1) is 15.5. The number of hydrogen-bond acceptors (Lipinski definition) is 5. The smallest absolute Gasteiger partial charge is 0.254 e. The average molecular weight is 316 g/mol. The first-order chi connectivity index (χ1) is 11.0. The van der Waals surface area contributed by atoms with E-state index < -0.39 is 6.04 Å². The maximum Gasteiger partial charge on any atom is 0.254 e. The number of hydrogen-bond donors (Lipinski definition) is 2. The van der Waals surface area contributed by atoms with E-state index in [9.17, 15) is 9.59 Å². The molecule has 0 bridgehead atoms. The van der Waals surface area contributed by atoms with Gasteiger partial charge in [0.15, 0.2) is 11.6 Å². The summed E-state index contributed by atoms with van der Waals surface area (Å²) in [5.41, 5.74) is 2.56. The quantitative estimate of drug-likeness (QED) is 0.901. The van der Waals surface area contributed by atoms with E-state index in [0.29, 0.717) is 35.7 Å². The van der Waals surface area contributed by atoms with Crippen LogP contribution < -0.4 is 5.32 Å². The van der Waals surface area contributed by atoms with Crippen LogP contribution in [0.1, 0.15) is 76.5 Å². The zero-order valence-corrected chi connectivity index (χ0v) is 13.5. The van der Waals surface area contributed by atoms with E-state index in [4.69, 9.17) is 4.52 Å². The minimum atomic E-state index is -0.418. The molecule has 2 aromatic heterocycles. The van der Waals surface area contributed by atoms with Gasteiger partial charge in [0.1, 0.15) is 6.04 Å². The number of aromatic amines is 1. The number of nitrogens with one attached hydrogen (secondary N) is 2. The van der Waals surface area contributed by atoms with E-state index in [0.717, 1.165) is 24.2 Å². The molecule has 0 unspecified atom stereocenters. The minimum Gasteiger partial charge on any atom is -0.361 e. The molecule has 0 aromatic carbocycles. The summed E-state index contributed by atoms with van der Waals surface area (Å²) in [5.74, 6) is 0.702. The molecule has 0 radical (unpaired) electrons. The van der Waals surface area contributed by atoms with Gasteiger partial charge in [-0.2, -0.15) is 4.98 Å². The summed E-state index contributed by atoms with van der Waals surface area (Å²) in [6.45, 7) is 5.52. The first-order valence-electron chi connectivity index (χ1n) is 7.89. The molecule has 0 saturated heterocycles. The number of carbonyl (C=O) groups excluding carboxylic acids is 2. The van der Waals surface area contributed by atoms with Gasteiger partial charge in [0.2, 0.25) is 5.89 Å². The maximum absolute atomic E-state index is 12.6. The molecule has 1 atom stereocenters. The van der Waals surface area contributed by atoms with Gasteiger partial charge in [-0.15, -0.1) is 0 Å². The highest BCUT2D eigenvalue weighted by Gasteiger charge is 2.29.